The van der Waals surface area contributed by atoms with Gasteiger partial charge >= 0.3 is 6.03 Å². The van der Waals surface area contributed by atoms with E-state index in [9.17, 15) is 4.79 Å². The SMILES string of the molecule is CONC(=O)N[C@H]1CCc2c1ccc(Cl)c2Cl. The van der Waals surface area contributed by atoms with Crippen LogP contribution in [0, 0.1) is 0 Å². The standard InChI is InChI=1S/C11H12Cl2N2O2/c1-17-15-11(16)14-9-5-3-7-6(9)2-4-8(12)10(7)13/h2,4,9H,3,5H2,1H3,(H2,14,15,16)/t9-/m0/s1. The lowest BCUT2D eigenvalue weighted by Crippen LogP contribution is -2.36. The summed E-state index contributed by atoms with van der Waals surface area (Å²) >= 11 is 12.1. The molecule has 0 aromatic heterocycles. The van der Waals surface area contributed by atoms with Crippen molar-refractivity contribution in [1.29, 1.82) is 0 Å². The molecule has 17 heavy (non-hydrogen) atoms. The van der Waals surface area contributed by atoms with E-state index in [-0.39, 0.29) is 12.1 Å². The van der Waals surface area contributed by atoms with Crippen LogP contribution in [0.2, 0.25) is 10.0 Å². The topological polar surface area (TPSA) is 50.4 Å². The number of hydrogen-bond acceptors (Lipinski definition) is 2. The Bertz CT molecular complexity index is 451. The zero-order valence-electron chi connectivity index (χ0n) is 9.22. The molecule has 0 saturated heterocycles. The molecule has 0 radical (unpaired) electrons. The molecule has 4 nitrogen and oxygen atoms in total. The van der Waals surface area contributed by atoms with Crippen molar-refractivity contribution in [2.75, 3.05) is 7.11 Å². The first-order valence-electron chi connectivity index (χ1n) is 5.19. The Hall–Kier alpha value is -0.970. The van der Waals surface area contributed by atoms with Crippen LogP contribution in [0.4, 0.5) is 4.79 Å². The summed E-state index contributed by atoms with van der Waals surface area (Å²) < 4.78 is 0. The van der Waals surface area contributed by atoms with Crippen LogP contribution in [0.15, 0.2) is 12.1 Å². The van der Waals surface area contributed by atoms with E-state index in [4.69, 9.17) is 23.2 Å². The minimum Gasteiger partial charge on any atom is -0.330 e. The molecule has 1 aliphatic carbocycles. The van der Waals surface area contributed by atoms with Gasteiger partial charge in [-0.05, 0) is 30.0 Å². The second-order valence-electron chi connectivity index (χ2n) is 3.80. The largest absolute Gasteiger partial charge is 0.339 e. The van der Waals surface area contributed by atoms with Crippen molar-refractivity contribution in [2.45, 2.75) is 18.9 Å². The van der Waals surface area contributed by atoms with Gasteiger partial charge in [0.2, 0.25) is 0 Å². The predicted octanol–water partition coefficient (Wildman–Crippen LogP) is 2.84. The molecule has 1 aromatic rings. The number of carbonyl (C=O) groups is 1. The number of hydrogen-bond donors (Lipinski definition) is 2. The Morgan fingerprint density at radius 3 is 2.94 bits per heavy atom. The van der Waals surface area contributed by atoms with Gasteiger partial charge in [-0.3, -0.25) is 4.84 Å². The van der Waals surface area contributed by atoms with Gasteiger partial charge in [-0.25, -0.2) is 10.3 Å². The van der Waals surface area contributed by atoms with Crippen LogP contribution >= 0.6 is 23.2 Å². The minimum absolute atomic E-state index is 0.0464. The van der Waals surface area contributed by atoms with Gasteiger partial charge in [-0.1, -0.05) is 29.3 Å². The molecule has 2 N–H and O–H groups in total. The first-order valence-corrected chi connectivity index (χ1v) is 5.95. The van der Waals surface area contributed by atoms with E-state index in [1.54, 1.807) is 6.07 Å². The third kappa shape index (κ3) is 2.49. The molecule has 0 spiro atoms. The Morgan fingerprint density at radius 1 is 1.47 bits per heavy atom. The van der Waals surface area contributed by atoms with Crippen LogP contribution in [0.1, 0.15) is 23.6 Å². The van der Waals surface area contributed by atoms with E-state index in [1.165, 1.54) is 7.11 Å². The Morgan fingerprint density at radius 2 is 2.24 bits per heavy atom. The Balaban J connectivity index is 2.17. The monoisotopic (exact) mass is 274 g/mol. The average Bonchev–Trinajstić information content (AvgIpc) is 2.68. The molecule has 6 heteroatoms. The van der Waals surface area contributed by atoms with Gasteiger partial charge in [0.15, 0.2) is 0 Å². The number of amides is 2. The molecular weight excluding hydrogens is 263 g/mol. The predicted molar refractivity (Wildman–Crippen MR) is 66.2 cm³/mol. The smallest absolute Gasteiger partial charge is 0.330 e. The van der Waals surface area contributed by atoms with Crippen molar-refractivity contribution in [3.8, 4) is 0 Å². The molecule has 1 atom stereocenters. The van der Waals surface area contributed by atoms with E-state index < -0.39 is 0 Å². The van der Waals surface area contributed by atoms with E-state index in [2.05, 4.69) is 15.6 Å². The van der Waals surface area contributed by atoms with Crippen molar-refractivity contribution >= 4 is 29.2 Å². The summed E-state index contributed by atoms with van der Waals surface area (Å²) in [6, 6.07) is 3.23. The lowest BCUT2D eigenvalue weighted by molar-refractivity contribution is 0.106. The maximum Gasteiger partial charge on any atom is 0.339 e. The van der Waals surface area contributed by atoms with Crippen LogP contribution in [0.25, 0.3) is 0 Å². The number of nitrogens with one attached hydrogen (secondary N) is 2. The van der Waals surface area contributed by atoms with Gasteiger partial charge in [0.05, 0.1) is 23.2 Å². The van der Waals surface area contributed by atoms with Gasteiger partial charge < -0.3 is 5.32 Å². The summed E-state index contributed by atoms with van der Waals surface area (Å²) in [5, 5.41) is 3.94. The fraction of sp³-hybridized carbons (Fsp3) is 0.364. The molecule has 1 aliphatic rings. The van der Waals surface area contributed by atoms with E-state index in [0.29, 0.717) is 10.0 Å². The molecule has 2 rings (SSSR count). The van der Waals surface area contributed by atoms with Crippen molar-refractivity contribution in [1.82, 2.24) is 10.8 Å². The highest BCUT2D eigenvalue weighted by atomic mass is 35.5. The summed E-state index contributed by atoms with van der Waals surface area (Å²) in [5.74, 6) is 0. The second kappa shape index (κ2) is 5.12. The number of hydroxylamine groups is 1. The van der Waals surface area contributed by atoms with Crippen molar-refractivity contribution in [2.24, 2.45) is 0 Å². The molecule has 0 saturated carbocycles. The normalized spacial score (nSPS) is 17.7. The first kappa shape index (κ1) is 12.5. The molecule has 92 valence electrons. The zero-order valence-corrected chi connectivity index (χ0v) is 10.7. The van der Waals surface area contributed by atoms with Gasteiger partial charge in [0.1, 0.15) is 0 Å². The number of rotatable bonds is 2. The fourth-order valence-electron chi connectivity index (χ4n) is 2.06. The zero-order chi connectivity index (χ0) is 12.4. The third-order valence-corrected chi connectivity index (χ3v) is 3.63. The number of fused-ring (bicyclic) bond motifs is 1. The molecule has 0 unspecified atom stereocenters. The molecule has 0 bridgehead atoms. The van der Waals surface area contributed by atoms with Crippen molar-refractivity contribution < 1.29 is 9.63 Å². The highest BCUT2D eigenvalue weighted by molar-refractivity contribution is 6.42. The lowest BCUT2D eigenvalue weighted by atomic mass is 10.1. The summed E-state index contributed by atoms with van der Waals surface area (Å²) in [7, 11) is 1.39. The summed E-state index contributed by atoms with van der Waals surface area (Å²) in [4.78, 5) is 15.9. The number of benzene rings is 1. The molecule has 0 fully saturated rings. The van der Waals surface area contributed by atoms with Crippen LogP contribution < -0.4 is 10.8 Å². The van der Waals surface area contributed by atoms with Crippen LogP contribution in [-0.4, -0.2) is 13.1 Å². The van der Waals surface area contributed by atoms with Crippen LogP contribution in [0.5, 0.6) is 0 Å². The Labute approximate surface area is 109 Å². The van der Waals surface area contributed by atoms with Gasteiger partial charge in [0, 0.05) is 0 Å². The van der Waals surface area contributed by atoms with Crippen LogP contribution in [0.3, 0.4) is 0 Å². The second-order valence-corrected chi connectivity index (χ2v) is 4.59. The summed E-state index contributed by atoms with van der Waals surface area (Å²) in [5.41, 5.74) is 4.25. The van der Waals surface area contributed by atoms with Crippen LogP contribution in [-0.2, 0) is 11.3 Å². The minimum atomic E-state index is -0.364. The number of urea groups is 1. The maximum absolute atomic E-state index is 11.4. The summed E-state index contributed by atoms with van der Waals surface area (Å²) in [6.07, 6.45) is 1.62. The van der Waals surface area contributed by atoms with Gasteiger partial charge in [-0.2, -0.15) is 0 Å². The average molecular weight is 275 g/mol. The molecule has 2 amide bonds. The quantitative estimate of drug-likeness (QED) is 0.815. The molecule has 0 heterocycles. The fourth-order valence-corrected chi connectivity index (χ4v) is 2.51. The number of carbonyl (C=O) groups excluding carboxylic acids is 1. The summed E-state index contributed by atoms with van der Waals surface area (Å²) in [6.45, 7) is 0. The molecule has 1 aromatic carbocycles. The van der Waals surface area contributed by atoms with E-state index in [1.807, 2.05) is 6.07 Å². The van der Waals surface area contributed by atoms with E-state index >= 15 is 0 Å². The van der Waals surface area contributed by atoms with Gasteiger partial charge in [0.25, 0.3) is 0 Å². The molecule has 0 aliphatic heterocycles. The maximum atomic E-state index is 11.4. The lowest BCUT2D eigenvalue weighted by Gasteiger charge is -2.14. The van der Waals surface area contributed by atoms with Crippen molar-refractivity contribution in [3.63, 3.8) is 0 Å². The van der Waals surface area contributed by atoms with Gasteiger partial charge in [-0.15, -0.1) is 0 Å². The number of halogens is 2. The van der Waals surface area contributed by atoms with Crippen molar-refractivity contribution in [3.05, 3.63) is 33.3 Å². The Kier molecular flexibility index (Phi) is 3.76. The molecular formula is C11H12Cl2N2O2. The third-order valence-electron chi connectivity index (χ3n) is 2.79. The highest BCUT2D eigenvalue weighted by Crippen LogP contribution is 2.38. The first-order chi connectivity index (χ1) is 8.13. The van der Waals surface area contributed by atoms with E-state index in [0.717, 1.165) is 24.0 Å². The highest BCUT2D eigenvalue weighted by Gasteiger charge is 2.26.